The van der Waals surface area contributed by atoms with Gasteiger partial charge in [0.05, 0.1) is 6.54 Å². The molecule has 1 fully saturated rings. The number of hydrogen-bond acceptors (Lipinski definition) is 5. The highest BCUT2D eigenvalue weighted by Crippen LogP contribution is 2.27. The summed E-state index contributed by atoms with van der Waals surface area (Å²) in [6.45, 7) is 3.76. The van der Waals surface area contributed by atoms with Crippen LogP contribution in [0.5, 0.6) is 0 Å². The van der Waals surface area contributed by atoms with Crippen molar-refractivity contribution in [3.63, 3.8) is 0 Å². The number of nitrogens with zero attached hydrogens (tertiary/aromatic N) is 3. The second-order valence-electron chi connectivity index (χ2n) is 8.00. The lowest BCUT2D eigenvalue weighted by Crippen LogP contribution is -2.48. The lowest BCUT2D eigenvalue weighted by Gasteiger charge is -2.35. The molecule has 0 unspecified atom stereocenters. The summed E-state index contributed by atoms with van der Waals surface area (Å²) in [6, 6.07) is 21.2. The highest BCUT2D eigenvalue weighted by Gasteiger charge is 2.19. The van der Waals surface area contributed by atoms with Crippen molar-refractivity contribution in [2.75, 3.05) is 42.9 Å². The van der Waals surface area contributed by atoms with Crippen molar-refractivity contribution < 1.29 is 9.21 Å². The first-order valence-electron chi connectivity index (χ1n) is 10.7. The van der Waals surface area contributed by atoms with Crippen LogP contribution in [0.3, 0.4) is 0 Å². The quantitative estimate of drug-likeness (QED) is 0.364. The van der Waals surface area contributed by atoms with Crippen LogP contribution in [0.1, 0.15) is 0 Å². The van der Waals surface area contributed by atoms with Crippen LogP contribution in [0.15, 0.2) is 75.6 Å². The average molecular weight is 526 g/mol. The van der Waals surface area contributed by atoms with Gasteiger partial charge in [-0.05, 0) is 66.7 Å². The number of amides is 1. The van der Waals surface area contributed by atoms with Crippen molar-refractivity contribution in [2.24, 2.45) is 0 Å². The molecule has 3 aromatic carbocycles. The fourth-order valence-electron chi connectivity index (χ4n) is 3.94. The molecule has 168 valence electrons. The van der Waals surface area contributed by atoms with Crippen LogP contribution in [0.25, 0.3) is 22.6 Å². The molecule has 1 N–H and O–H groups in total. The summed E-state index contributed by atoms with van der Waals surface area (Å²) in [5.41, 5.74) is 4.17. The van der Waals surface area contributed by atoms with E-state index in [4.69, 9.17) is 16.0 Å². The van der Waals surface area contributed by atoms with Crippen molar-refractivity contribution in [3.05, 3.63) is 76.2 Å². The second kappa shape index (κ2) is 9.55. The summed E-state index contributed by atoms with van der Waals surface area (Å²) >= 11 is 9.42. The molecular formula is C25H22BrClN4O2. The van der Waals surface area contributed by atoms with Gasteiger partial charge < -0.3 is 14.6 Å². The minimum absolute atomic E-state index is 0.0362. The Balaban J connectivity index is 1.18. The molecule has 0 saturated carbocycles. The molecule has 5 rings (SSSR count). The molecule has 0 radical (unpaired) electrons. The van der Waals surface area contributed by atoms with E-state index in [1.165, 1.54) is 0 Å². The first-order chi connectivity index (χ1) is 16.0. The van der Waals surface area contributed by atoms with Crippen LogP contribution in [-0.2, 0) is 4.79 Å². The third-order valence-corrected chi connectivity index (χ3v) is 6.47. The molecule has 8 heteroatoms. The SMILES string of the molecule is O=C(CN1CCN(c2ccc(Cl)cc2)CC1)Nc1ccc2oc(-c3ccc(Br)cc3)nc2c1. The Hall–Kier alpha value is -2.87. The number of fused-ring (bicyclic) bond motifs is 1. The largest absolute Gasteiger partial charge is 0.436 e. The fourth-order valence-corrected chi connectivity index (χ4v) is 4.33. The molecule has 4 aromatic rings. The Morgan fingerprint density at radius 3 is 2.45 bits per heavy atom. The standard InChI is InChI=1S/C25H22BrClN4O2/c26-18-3-1-17(2-4-18)25-29-22-15-20(7-10-23(22)33-25)28-24(32)16-30-11-13-31(14-12-30)21-8-5-19(27)6-9-21/h1-10,15H,11-14,16H2,(H,28,32). The number of carbonyl (C=O) groups excluding carboxylic acids is 1. The monoisotopic (exact) mass is 524 g/mol. The summed E-state index contributed by atoms with van der Waals surface area (Å²) < 4.78 is 6.87. The van der Waals surface area contributed by atoms with Gasteiger partial charge in [0.2, 0.25) is 11.8 Å². The van der Waals surface area contributed by atoms with Crippen molar-refractivity contribution in [3.8, 4) is 11.5 Å². The molecule has 1 aromatic heterocycles. The number of carbonyl (C=O) groups is 1. The maximum atomic E-state index is 12.6. The summed E-state index contributed by atoms with van der Waals surface area (Å²) in [7, 11) is 0. The molecule has 0 aliphatic carbocycles. The fraction of sp³-hybridized carbons (Fsp3) is 0.200. The predicted molar refractivity (Wildman–Crippen MR) is 136 cm³/mol. The first-order valence-corrected chi connectivity index (χ1v) is 11.9. The van der Waals surface area contributed by atoms with Crippen LogP contribution in [-0.4, -0.2) is 48.5 Å². The zero-order valence-corrected chi connectivity index (χ0v) is 20.1. The summed E-state index contributed by atoms with van der Waals surface area (Å²) in [5.74, 6) is 0.519. The Labute approximate surface area is 205 Å². The van der Waals surface area contributed by atoms with Crippen LogP contribution < -0.4 is 10.2 Å². The van der Waals surface area contributed by atoms with Crippen molar-refractivity contribution in [1.82, 2.24) is 9.88 Å². The van der Waals surface area contributed by atoms with Crippen molar-refractivity contribution >= 4 is 55.9 Å². The Morgan fingerprint density at radius 1 is 1.00 bits per heavy atom. The second-order valence-corrected chi connectivity index (χ2v) is 9.35. The average Bonchev–Trinajstić information content (AvgIpc) is 3.24. The number of piperazine rings is 1. The molecule has 0 spiro atoms. The minimum Gasteiger partial charge on any atom is -0.436 e. The topological polar surface area (TPSA) is 61.6 Å². The molecular weight excluding hydrogens is 504 g/mol. The molecule has 0 bridgehead atoms. The van der Waals surface area contributed by atoms with E-state index in [9.17, 15) is 4.79 Å². The summed E-state index contributed by atoms with van der Waals surface area (Å²) in [6.07, 6.45) is 0. The highest BCUT2D eigenvalue weighted by molar-refractivity contribution is 9.10. The van der Waals surface area contributed by atoms with Crippen LogP contribution in [0, 0.1) is 0 Å². The lowest BCUT2D eigenvalue weighted by molar-refractivity contribution is -0.117. The van der Waals surface area contributed by atoms with Gasteiger partial charge in [-0.25, -0.2) is 4.98 Å². The first kappa shape index (κ1) is 21.9. The number of anilines is 2. The van der Waals surface area contributed by atoms with Gasteiger partial charge in [0.25, 0.3) is 0 Å². The molecule has 1 amide bonds. The number of hydrogen-bond donors (Lipinski definition) is 1. The zero-order valence-electron chi connectivity index (χ0n) is 17.8. The third kappa shape index (κ3) is 5.21. The lowest BCUT2D eigenvalue weighted by atomic mass is 10.2. The van der Waals surface area contributed by atoms with Gasteiger partial charge in [0, 0.05) is 52.6 Å². The predicted octanol–water partition coefficient (Wildman–Crippen LogP) is 5.67. The number of oxazole rings is 1. The number of aromatic nitrogens is 1. The van der Waals surface area contributed by atoms with Gasteiger partial charge >= 0.3 is 0 Å². The van der Waals surface area contributed by atoms with E-state index >= 15 is 0 Å². The van der Waals surface area contributed by atoms with Crippen molar-refractivity contribution in [1.29, 1.82) is 0 Å². The van der Waals surface area contributed by atoms with E-state index in [1.807, 2.05) is 66.7 Å². The highest BCUT2D eigenvalue weighted by atomic mass is 79.9. The van der Waals surface area contributed by atoms with Crippen LogP contribution in [0.2, 0.25) is 5.02 Å². The van der Waals surface area contributed by atoms with E-state index in [2.05, 4.69) is 36.0 Å². The van der Waals surface area contributed by atoms with Gasteiger partial charge in [-0.3, -0.25) is 9.69 Å². The van der Waals surface area contributed by atoms with E-state index in [1.54, 1.807) is 0 Å². The number of benzene rings is 3. The van der Waals surface area contributed by atoms with E-state index in [0.29, 0.717) is 29.2 Å². The summed E-state index contributed by atoms with van der Waals surface area (Å²) in [5, 5.41) is 3.73. The number of rotatable bonds is 5. The zero-order chi connectivity index (χ0) is 22.8. The maximum absolute atomic E-state index is 12.6. The van der Waals surface area contributed by atoms with Gasteiger partial charge in [-0.15, -0.1) is 0 Å². The smallest absolute Gasteiger partial charge is 0.238 e. The van der Waals surface area contributed by atoms with Gasteiger partial charge in [0.1, 0.15) is 5.52 Å². The van der Waals surface area contributed by atoms with Gasteiger partial charge in [0.15, 0.2) is 5.58 Å². The molecule has 1 aliphatic rings. The number of halogens is 2. The van der Waals surface area contributed by atoms with Gasteiger partial charge in [-0.2, -0.15) is 0 Å². The van der Waals surface area contributed by atoms with E-state index < -0.39 is 0 Å². The molecule has 2 heterocycles. The Bertz CT molecular complexity index is 1270. The normalized spacial score (nSPS) is 14.5. The van der Waals surface area contributed by atoms with Crippen molar-refractivity contribution in [2.45, 2.75) is 0 Å². The third-order valence-electron chi connectivity index (χ3n) is 5.69. The van der Waals surface area contributed by atoms with Crippen LogP contribution >= 0.6 is 27.5 Å². The maximum Gasteiger partial charge on any atom is 0.238 e. The molecule has 1 saturated heterocycles. The van der Waals surface area contributed by atoms with Crippen LogP contribution in [0.4, 0.5) is 11.4 Å². The van der Waals surface area contributed by atoms with E-state index in [-0.39, 0.29) is 5.91 Å². The Morgan fingerprint density at radius 2 is 1.73 bits per heavy atom. The molecule has 0 atom stereocenters. The number of nitrogens with one attached hydrogen (secondary N) is 1. The molecule has 1 aliphatic heterocycles. The minimum atomic E-state index is -0.0362. The molecule has 6 nitrogen and oxygen atoms in total. The summed E-state index contributed by atoms with van der Waals surface area (Å²) in [4.78, 5) is 21.7. The molecule has 33 heavy (non-hydrogen) atoms. The van der Waals surface area contributed by atoms with Gasteiger partial charge in [-0.1, -0.05) is 27.5 Å². The Kier molecular flexibility index (Phi) is 6.35. The van der Waals surface area contributed by atoms with E-state index in [0.717, 1.165) is 46.9 Å².